The van der Waals surface area contributed by atoms with Gasteiger partial charge in [0, 0.05) is 22.2 Å². The van der Waals surface area contributed by atoms with Gasteiger partial charge in [0.05, 0.1) is 5.69 Å². The number of benzene rings is 9. The van der Waals surface area contributed by atoms with Crippen molar-refractivity contribution in [2.45, 2.75) is 52.4 Å². The lowest BCUT2D eigenvalue weighted by Gasteiger charge is -2.30. The van der Waals surface area contributed by atoms with Gasteiger partial charge < -0.3 is 4.90 Å². The zero-order valence-electron chi connectivity index (χ0n) is 32.4. The van der Waals surface area contributed by atoms with E-state index in [0.29, 0.717) is 0 Å². The molecule has 0 amide bonds. The molecule has 0 aromatic heterocycles. The highest BCUT2D eigenvalue weighted by molar-refractivity contribution is 6.05. The van der Waals surface area contributed by atoms with Crippen molar-refractivity contribution in [1.82, 2.24) is 0 Å². The number of fused-ring (bicyclic) bond motifs is 12. The molecular weight excluding hydrogens is 663 g/mol. The SMILES string of the molecule is Cc1cccc(C)c1N(c1ccc2cc3c(cc2c1)C(C)(C)c1cc2ccccc2cc1-3)c1ccc2c3c(ccc2c1)-c1ccc2ccccc2c1C3(C)C. The first kappa shape index (κ1) is 32.3. The van der Waals surface area contributed by atoms with Crippen molar-refractivity contribution in [2.24, 2.45) is 0 Å². The molecule has 0 fully saturated rings. The summed E-state index contributed by atoms with van der Waals surface area (Å²) in [5.74, 6) is 0. The summed E-state index contributed by atoms with van der Waals surface area (Å²) in [6.45, 7) is 14.1. The Morgan fingerprint density at radius 1 is 0.364 bits per heavy atom. The van der Waals surface area contributed by atoms with Crippen LogP contribution in [0.3, 0.4) is 0 Å². The molecule has 0 N–H and O–H groups in total. The van der Waals surface area contributed by atoms with Gasteiger partial charge in [-0.15, -0.1) is 0 Å². The van der Waals surface area contributed by atoms with Gasteiger partial charge in [0.1, 0.15) is 0 Å². The van der Waals surface area contributed by atoms with Crippen LogP contribution in [-0.2, 0) is 10.8 Å². The van der Waals surface area contributed by atoms with Crippen LogP contribution in [0.1, 0.15) is 61.1 Å². The second-order valence-electron chi connectivity index (χ2n) is 17.1. The quantitative estimate of drug-likeness (QED) is 0.177. The summed E-state index contributed by atoms with van der Waals surface area (Å²) in [4.78, 5) is 2.49. The van der Waals surface area contributed by atoms with Crippen LogP contribution >= 0.6 is 0 Å². The summed E-state index contributed by atoms with van der Waals surface area (Å²) in [7, 11) is 0. The minimum Gasteiger partial charge on any atom is -0.310 e. The van der Waals surface area contributed by atoms with E-state index in [9.17, 15) is 0 Å². The standard InChI is InChI=1S/C54H43N/c1-32-12-11-13-33(2)52(32)55(40-21-18-37-29-47-46-28-35-15-7-8-16-36(35)30-48(46)53(3,4)49(47)31-39(37)27-40)41-22-25-43-38(26-41)20-24-45-44-23-19-34-14-9-10-17-42(34)50(44)54(5,6)51(43)45/h7-31H,1-6H3. The molecule has 0 bridgehead atoms. The topological polar surface area (TPSA) is 3.24 Å². The maximum atomic E-state index is 2.49. The van der Waals surface area contributed by atoms with Crippen LogP contribution in [-0.4, -0.2) is 0 Å². The van der Waals surface area contributed by atoms with E-state index in [1.54, 1.807) is 0 Å². The lowest BCUT2D eigenvalue weighted by Crippen LogP contribution is -2.16. The summed E-state index contributed by atoms with van der Waals surface area (Å²) in [6, 6.07) is 57.5. The molecular formula is C54H43N. The molecule has 2 aliphatic rings. The summed E-state index contributed by atoms with van der Waals surface area (Å²) >= 11 is 0. The lowest BCUT2D eigenvalue weighted by atomic mass is 9.78. The van der Waals surface area contributed by atoms with Crippen LogP contribution in [0.15, 0.2) is 152 Å². The predicted molar refractivity (Wildman–Crippen MR) is 236 cm³/mol. The molecule has 0 radical (unpaired) electrons. The highest BCUT2D eigenvalue weighted by Gasteiger charge is 2.39. The van der Waals surface area contributed by atoms with Crippen molar-refractivity contribution >= 4 is 60.2 Å². The Balaban J connectivity index is 1.08. The number of hydrogen-bond acceptors (Lipinski definition) is 1. The molecule has 9 aromatic carbocycles. The first-order chi connectivity index (χ1) is 26.6. The van der Waals surface area contributed by atoms with Gasteiger partial charge in [0.15, 0.2) is 0 Å². The Morgan fingerprint density at radius 3 is 1.53 bits per heavy atom. The number of anilines is 3. The van der Waals surface area contributed by atoms with E-state index in [1.165, 1.54) is 116 Å². The maximum Gasteiger partial charge on any atom is 0.0519 e. The highest BCUT2D eigenvalue weighted by atomic mass is 15.1. The van der Waals surface area contributed by atoms with Crippen LogP contribution < -0.4 is 4.90 Å². The molecule has 1 nitrogen and oxygen atoms in total. The summed E-state index contributed by atoms with van der Waals surface area (Å²) < 4.78 is 0. The second-order valence-corrected chi connectivity index (χ2v) is 17.1. The molecule has 9 aromatic rings. The van der Waals surface area contributed by atoms with Gasteiger partial charge in [-0.1, -0.05) is 131 Å². The van der Waals surface area contributed by atoms with Gasteiger partial charge in [-0.2, -0.15) is 0 Å². The zero-order chi connectivity index (χ0) is 37.4. The molecule has 0 aliphatic heterocycles. The van der Waals surface area contributed by atoms with Crippen molar-refractivity contribution in [3.05, 3.63) is 185 Å². The third-order valence-electron chi connectivity index (χ3n) is 13.1. The van der Waals surface area contributed by atoms with Gasteiger partial charge in [-0.25, -0.2) is 0 Å². The minimum absolute atomic E-state index is 0.0937. The smallest absolute Gasteiger partial charge is 0.0519 e. The summed E-state index contributed by atoms with van der Waals surface area (Å²) in [5, 5.41) is 10.4. The highest BCUT2D eigenvalue weighted by Crippen LogP contribution is 2.55. The van der Waals surface area contributed by atoms with Crippen LogP contribution in [0.25, 0.3) is 65.3 Å². The Kier molecular flexibility index (Phi) is 6.56. The van der Waals surface area contributed by atoms with E-state index in [4.69, 9.17) is 0 Å². The van der Waals surface area contributed by atoms with Crippen molar-refractivity contribution in [3.63, 3.8) is 0 Å². The Labute approximate surface area is 323 Å². The first-order valence-corrected chi connectivity index (χ1v) is 19.7. The lowest BCUT2D eigenvalue weighted by molar-refractivity contribution is 0.662. The number of rotatable bonds is 3. The van der Waals surface area contributed by atoms with E-state index >= 15 is 0 Å². The molecule has 11 rings (SSSR count). The van der Waals surface area contributed by atoms with Gasteiger partial charge in [-0.05, 0) is 161 Å². The molecule has 0 saturated carbocycles. The van der Waals surface area contributed by atoms with Crippen LogP contribution in [0.5, 0.6) is 0 Å². The number of hydrogen-bond donors (Lipinski definition) is 0. The fraction of sp³-hybridized carbons (Fsp3) is 0.148. The number of nitrogens with zero attached hydrogens (tertiary/aromatic N) is 1. The van der Waals surface area contributed by atoms with E-state index in [1.807, 2.05) is 0 Å². The number of aryl methyl sites for hydroxylation is 2. The average Bonchev–Trinajstić information content (AvgIpc) is 3.56. The second kappa shape index (κ2) is 11.2. The van der Waals surface area contributed by atoms with Gasteiger partial charge in [-0.3, -0.25) is 0 Å². The first-order valence-electron chi connectivity index (χ1n) is 19.7. The number of para-hydroxylation sites is 1. The predicted octanol–water partition coefficient (Wildman–Crippen LogP) is 15.0. The van der Waals surface area contributed by atoms with Crippen molar-refractivity contribution in [3.8, 4) is 22.3 Å². The minimum atomic E-state index is -0.127. The molecule has 0 spiro atoms. The van der Waals surface area contributed by atoms with Gasteiger partial charge >= 0.3 is 0 Å². The van der Waals surface area contributed by atoms with E-state index in [2.05, 4.69) is 198 Å². The molecule has 0 heterocycles. The fourth-order valence-corrected chi connectivity index (χ4v) is 10.5. The van der Waals surface area contributed by atoms with Crippen molar-refractivity contribution in [1.29, 1.82) is 0 Å². The molecule has 0 saturated heterocycles. The molecule has 0 atom stereocenters. The molecule has 1 heteroatoms. The van der Waals surface area contributed by atoms with Gasteiger partial charge in [0.25, 0.3) is 0 Å². The maximum absolute atomic E-state index is 2.49. The zero-order valence-corrected chi connectivity index (χ0v) is 32.4. The van der Waals surface area contributed by atoms with Crippen molar-refractivity contribution in [2.75, 3.05) is 4.90 Å². The molecule has 0 unspecified atom stereocenters. The monoisotopic (exact) mass is 705 g/mol. The largest absolute Gasteiger partial charge is 0.310 e. The Hall–Kier alpha value is -6.18. The molecule has 264 valence electrons. The molecule has 2 aliphatic carbocycles. The summed E-state index contributed by atoms with van der Waals surface area (Å²) in [6.07, 6.45) is 0. The third kappa shape index (κ3) is 4.47. The Bertz CT molecular complexity index is 3100. The normalized spacial score (nSPS) is 14.7. The van der Waals surface area contributed by atoms with Crippen molar-refractivity contribution < 1.29 is 0 Å². The average molecular weight is 706 g/mol. The third-order valence-corrected chi connectivity index (χ3v) is 13.1. The summed E-state index contributed by atoms with van der Waals surface area (Å²) in [5.41, 5.74) is 17.0. The van der Waals surface area contributed by atoms with Gasteiger partial charge in [0.2, 0.25) is 0 Å². The van der Waals surface area contributed by atoms with E-state index in [-0.39, 0.29) is 10.8 Å². The molecule has 55 heavy (non-hydrogen) atoms. The van der Waals surface area contributed by atoms with E-state index in [0.717, 1.165) is 0 Å². The van der Waals surface area contributed by atoms with E-state index < -0.39 is 0 Å². The van der Waals surface area contributed by atoms with Crippen LogP contribution in [0, 0.1) is 13.8 Å². The van der Waals surface area contributed by atoms with Crippen LogP contribution in [0.4, 0.5) is 17.1 Å². The Morgan fingerprint density at radius 2 is 0.855 bits per heavy atom. The van der Waals surface area contributed by atoms with Crippen LogP contribution in [0.2, 0.25) is 0 Å². The fourth-order valence-electron chi connectivity index (χ4n) is 10.5.